The largest absolute Gasteiger partial charge is 0.329 e. The van der Waals surface area contributed by atoms with Crippen molar-refractivity contribution in [2.75, 3.05) is 0 Å². The fourth-order valence-corrected chi connectivity index (χ4v) is 3.84. The maximum absolute atomic E-state index is 12.5. The van der Waals surface area contributed by atoms with Gasteiger partial charge in [0.25, 0.3) is 0 Å². The van der Waals surface area contributed by atoms with Crippen LogP contribution in [-0.2, 0) is 4.79 Å². The molecule has 0 saturated carbocycles. The van der Waals surface area contributed by atoms with Crippen LogP contribution in [0.5, 0.6) is 0 Å². The van der Waals surface area contributed by atoms with E-state index in [-0.39, 0.29) is 11.9 Å². The molecule has 2 aromatic rings. The van der Waals surface area contributed by atoms with Crippen molar-refractivity contribution >= 4 is 28.1 Å². The molecule has 1 unspecified atom stereocenters. The van der Waals surface area contributed by atoms with E-state index in [1.54, 1.807) is 0 Å². The number of allylic oxidation sites excluding steroid dienone is 1. The summed E-state index contributed by atoms with van der Waals surface area (Å²) >= 11 is 0. The summed E-state index contributed by atoms with van der Waals surface area (Å²) in [5.74, 6) is -0.0312. The van der Waals surface area contributed by atoms with Gasteiger partial charge in [-0.2, -0.15) is 0 Å². The number of nitrogens with one attached hydrogen (secondary N) is 1. The zero-order valence-electron chi connectivity index (χ0n) is 15.9. The fourth-order valence-electron chi connectivity index (χ4n) is 3.84. The van der Waals surface area contributed by atoms with Gasteiger partial charge in [-0.05, 0) is 30.7 Å². The van der Waals surface area contributed by atoms with Crippen molar-refractivity contribution in [3.63, 3.8) is 0 Å². The Hall–Kier alpha value is -2.81. The fraction of sp³-hybridized carbons (Fsp3) is 0.261. The van der Waals surface area contributed by atoms with Crippen molar-refractivity contribution < 1.29 is 4.79 Å². The Labute approximate surface area is 155 Å². The summed E-state index contributed by atoms with van der Waals surface area (Å²) in [4.78, 5) is 14.5. The van der Waals surface area contributed by atoms with Crippen LogP contribution in [0.3, 0.4) is 0 Å². The van der Waals surface area contributed by atoms with E-state index in [1.165, 1.54) is 16.3 Å². The van der Waals surface area contributed by atoms with Gasteiger partial charge in [-0.25, -0.2) is 0 Å². The van der Waals surface area contributed by atoms with Crippen LogP contribution in [0.2, 0.25) is 0 Å². The monoisotopic (exact) mass is 346 g/mol. The van der Waals surface area contributed by atoms with Crippen LogP contribution in [0.25, 0.3) is 22.2 Å². The van der Waals surface area contributed by atoms with Crippen LogP contribution in [0.1, 0.15) is 43.4 Å². The number of amides is 1. The van der Waals surface area contributed by atoms with Crippen molar-refractivity contribution in [1.82, 2.24) is 10.2 Å². The summed E-state index contributed by atoms with van der Waals surface area (Å²) in [6, 6.07) is 10.2. The first kappa shape index (κ1) is 18.0. The molecule has 0 radical (unpaired) electrons. The molecule has 0 aromatic heterocycles. The Morgan fingerprint density at radius 2 is 1.69 bits per heavy atom. The highest BCUT2D eigenvalue weighted by Gasteiger charge is 2.36. The van der Waals surface area contributed by atoms with Gasteiger partial charge >= 0.3 is 0 Å². The predicted octanol–water partition coefficient (Wildman–Crippen LogP) is 5.22. The van der Waals surface area contributed by atoms with E-state index in [4.69, 9.17) is 0 Å². The zero-order valence-corrected chi connectivity index (χ0v) is 15.9. The molecule has 3 nitrogen and oxygen atoms in total. The average Bonchev–Trinajstić information content (AvgIpc) is 2.64. The first-order valence-corrected chi connectivity index (χ1v) is 9.18. The van der Waals surface area contributed by atoms with Crippen molar-refractivity contribution in [2.45, 2.75) is 39.7 Å². The molecule has 2 aliphatic heterocycles. The molecule has 4 rings (SSSR count). The van der Waals surface area contributed by atoms with Crippen molar-refractivity contribution in [3.8, 4) is 0 Å². The normalized spacial score (nSPS) is 19.2. The van der Waals surface area contributed by atoms with Gasteiger partial charge in [-0.1, -0.05) is 63.9 Å². The molecule has 2 aliphatic rings. The standard InChI is InChI=1S/C21H20N2O.C2H6/c1-12-8-10-18-15(4)23(19-11-9-13(2)22-21(19)24)14(3)17-7-5-6-16(12)20(17)18;1-2/h5-8,10,19H,2-4,9,11H2,1H3,(H,22,24);1-2H3. The molecule has 1 saturated heterocycles. The Balaban J connectivity index is 0.000000948. The summed E-state index contributed by atoms with van der Waals surface area (Å²) < 4.78 is 0. The third-order valence-electron chi connectivity index (χ3n) is 5.10. The second-order valence-corrected chi connectivity index (χ2v) is 6.57. The highest BCUT2D eigenvalue weighted by atomic mass is 16.2. The van der Waals surface area contributed by atoms with Crippen LogP contribution in [0.4, 0.5) is 0 Å². The molecule has 0 aliphatic carbocycles. The highest BCUT2D eigenvalue weighted by Crippen LogP contribution is 2.43. The number of carbonyl (C=O) groups excluding carboxylic acids is 1. The van der Waals surface area contributed by atoms with Gasteiger partial charge in [-0.3, -0.25) is 4.79 Å². The molecule has 26 heavy (non-hydrogen) atoms. The minimum atomic E-state index is -0.291. The number of piperidine rings is 1. The van der Waals surface area contributed by atoms with Crippen molar-refractivity contribution in [3.05, 3.63) is 72.5 Å². The predicted molar refractivity (Wildman–Crippen MR) is 110 cm³/mol. The molecule has 1 atom stereocenters. The first-order valence-electron chi connectivity index (χ1n) is 9.18. The molecule has 1 fully saturated rings. The van der Waals surface area contributed by atoms with E-state index < -0.39 is 0 Å². The Kier molecular flexibility index (Phi) is 4.73. The van der Waals surface area contributed by atoms with Crippen LogP contribution >= 0.6 is 0 Å². The average molecular weight is 346 g/mol. The number of hydrogen-bond donors (Lipinski definition) is 1. The molecule has 0 spiro atoms. The molecule has 2 heterocycles. The molecule has 134 valence electrons. The second kappa shape index (κ2) is 6.83. The van der Waals surface area contributed by atoms with E-state index in [9.17, 15) is 4.79 Å². The van der Waals surface area contributed by atoms with Gasteiger partial charge in [0.15, 0.2) is 0 Å². The van der Waals surface area contributed by atoms with E-state index in [0.29, 0.717) is 0 Å². The summed E-state index contributed by atoms with van der Waals surface area (Å²) in [5, 5.41) is 5.27. The van der Waals surface area contributed by atoms with Gasteiger partial charge in [0, 0.05) is 33.6 Å². The maximum Gasteiger partial charge on any atom is 0.247 e. The van der Waals surface area contributed by atoms with E-state index in [1.807, 2.05) is 18.7 Å². The third-order valence-corrected chi connectivity index (χ3v) is 5.10. The van der Waals surface area contributed by atoms with E-state index >= 15 is 0 Å². The van der Waals surface area contributed by atoms with Crippen molar-refractivity contribution in [1.29, 1.82) is 0 Å². The van der Waals surface area contributed by atoms with Crippen molar-refractivity contribution in [2.24, 2.45) is 0 Å². The Morgan fingerprint density at radius 1 is 1.04 bits per heavy atom. The number of benzene rings is 2. The molecule has 0 bridgehead atoms. The molecular weight excluding hydrogens is 320 g/mol. The lowest BCUT2D eigenvalue weighted by atomic mass is 9.87. The smallest absolute Gasteiger partial charge is 0.247 e. The minimum absolute atomic E-state index is 0.0312. The SMILES string of the molecule is C=C1CCC(N2C(=C)c3cccc4c(C)ccc(c34)C2=C)C(=O)N1.CC. The molecule has 1 amide bonds. The number of hydrogen-bond acceptors (Lipinski definition) is 2. The summed E-state index contributed by atoms with van der Waals surface area (Å²) in [7, 11) is 0. The highest BCUT2D eigenvalue weighted by molar-refractivity contribution is 6.07. The third kappa shape index (κ3) is 2.64. The number of rotatable bonds is 1. The second-order valence-electron chi connectivity index (χ2n) is 6.57. The Morgan fingerprint density at radius 3 is 2.35 bits per heavy atom. The van der Waals surface area contributed by atoms with E-state index in [2.05, 4.69) is 62.3 Å². The first-order chi connectivity index (χ1) is 12.5. The van der Waals surface area contributed by atoms with Crippen LogP contribution in [0.15, 0.2) is 55.8 Å². The lowest BCUT2D eigenvalue weighted by Crippen LogP contribution is -2.48. The van der Waals surface area contributed by atoms with E-state index in [0.717, 1.165) is 41.1 Å². The van der Waals surface area contributed by atoms with Gasteiger partial charge in [-0.15, -0.1) is 0 Å². The molecule has 3 heteroatoms. The van der Waals surface area contributed by atoms with Gasteiger partial charge < -0.3 is 10.2 Å². The minimum Gasteiger partial charge on any atom is -0.329 e. The summed E-state index contributed by atoms with van der Waals surface area (Å²) in [6.07, 6.45) is 1.50. The lowest BCUT2D eigenvalue weighted by Gasteiger charge is -2.41. The van der Waals surface area contributed by atoms with Crippen LogP contribution < -0.4 is 5.32 Å². The summed E-state index contributed by atoms with van der Waals surface area (Å²) in [5.41, 5.74) is 5.86. The van der Waals surface area contributed by atoms with Gasteiger partial charge in [0.05, 0.1) is 0 Å². The molecular formula is C23H26N2O. The maximum atomic E-state index is 12.5. The zero-order chi connectivity index (χ0) is 19.0. The van der Waals surface area contributed by atoms with Gasteiger partial charge in [0.2, 0.25) is 5.91 Å². The summed E-state index contributed by atoms with van der Waals surface area (Å²) in [6.45, 7) is 18.6. The Bertz CT molecular complexity index is 916. The molecule has 2 aromatic carbocycles. The van der Waals surface area contributed by atoms with Crippen LogP contribution in [0, 0.1) is 6.92 Å². The number of nitrogens with zero attached hydrogens (tertiary/aromatic N) is 1. The van der Waals surface area contributed by atoms with Crippen LogP contribution in [-0.4, -0.2) is 16.8 Å². The number of aryl methyl sites for hydroxylation is 1. The van der Waals surface area contributed by atoms with Gasteiger partial charge in [0.1, 0.15) is 6.04 Å². The lowest BCUT2D eigenvalue weighted by molar-refractivity contribution is -0.125. The number of carbonyl (C=O) groups is 1. The topological polar surface area (TPSA) is 32.3 Å². The quantitative estimate of drug-likeness (QED) is 0.767. The molecule has 1 N–H and O–H groups in total.